The first-order chi connectivity index (χ1) is 11.9. The molecule has 0 saturated heterocycles. The standard InChI is InChI=1S/C19H28N4OS/c1-5-14-7-8-17-15(11-14)12-16(18(24)21-17)13-23(19(25)20-2)10-6-9-22(3)4/h7-8,11-12H,5-6,9-10,13H2,1-4H3,(H,20,25)(H,21,24)/p+1. The van der Waals surface area contributed by atoms with Crippen molar-refractivity contribution in [3.63, 3.8) is 0 Å². The number of nitrogens with zero attached hydrogens (tertiary/aromatic N) is 1. The number of nitrogens with one attached hydrogen (secondary N) is 3. The molecular weight excluding hydrogens is 332 g/mol. The highest BCUT2D eigenvalue weighted by molar-refractivity contribution is 7.80. The molecule has 0 atom stereocenters. The summed E-state index contributed by atoms with van der Waals surface area (Å²) in [7, 11) is 6.10. The molecular formula is C19H29N4OS+. The van der Waals surface area contributed by atoms with E-state index in [1.54, 1.807) is 0 Å². The van der Waals surface area contributed by atoms with Crippen LogP contribution in [0.15, 0.2) is 29.1 Å². The predicted octanol–water partition coefficient (Wildman–Crippen LogP) is 0.931. The Morgan fingerprint density at radius 3 is 2.72 bits per heavy atom. The van der Waals surface area contributed by atoms with Crippen LogP contribution < -0.4 is 15.8 Å². The van der Waals surface area contributed by atoms with Gasteiger partial charge in [0.05, 0.1) is 27.2 Å². The van der Waals surface area contributed by atoms with Gasteiger partial charge in [0.15, 0.2) is 5.11 Å². The smallest absolute Gasteiger partial charge is 0.253 e. The highest BCUT2D eigenvalue weighted by atomic mass is 32.1. The second-order valence-corrected chi connectivity index (χ2v) is 7.07. The number of hydrogen-bond donors (Lipinski definition) is 3. The number of aromatic amines is 1. The Labute approximate surface area is 155 Å². The van der Waals surface area contributed by atoms with E-state index in [1.165, 1.54) is 10.5 Å². The zero-order valence-corrected chi connectivity index (χ0v) is 16.4. The van der Waals surface area contributed by atoms with Gasteiger partial charge < -0.3 is 20.1 Å². The summed E-state index contributed by atoms with van der Waals surface area (Å²) in [6, 6.07) is 8.18. The van der Waals surface area contributed by atoms with Crippen LogP contribution in [0.5, 0.6) is 0 Å². The van der Waals surface area contributed by atoms with E-state index in [1.807, 2.05) is 19.2 Å². The number of aromatic nitrogens is 1. The first kappa shape index (κ1) is 19.4. The van der Waals surface area contributed by atoms with Gasteiger partial charge in [-0.1, -0.05) is 13.0 Å². The Kier molecular flexibility index (Phi) is 6.96. The molecule has 0 radical (unpaired) electrons. The van der Waals surface area contributed by atoms with Crippen molar-refractivity contribution in [2.75, 3.05) is 34.2 Å². The van der Waals surface area contributed by atoms with Gasteiger partial charge in [-0.05, 0) is 47.8 Å². The maximum Gasteiger partial charge on any atom is 0.253 e. The lowest BCUT2D eigenvalue weighted by atomic mass is 10.1. The molecule has 0 saturated carbocycles. The van der Waals surface area contributed by atoms with Crippen LogP contribution in [0.3, 0.4) is 0 Å². The maximum absolute atomic E-state index is 12.5. The third-order valence-electron chi connectivity index (χ3n) is 4.36. The summed E-state index contributed by atoms with van der Waals surface area (Å²) in [5.74, 6) is 0. The molecule has 1 aromatic carbocycles. The van der Waals surface area contributed by atoms with Crippen LogP contribution in [0, 0.1) is 0 Å². The van der Waals surface area contributed by atoms with Crippen LogP contribution in [0.25, 0.3) is 10.9 Å². The van der Waals surface area contributed by atoms with Crippen molar-refractivity contribution in [1.29, 1.82) is 0 Å². The fraction of sp³-hybridized carbons (Fsp3) is 0.474. The Morgan fingerprint density at radius 2 is 2.08 bits per heavy atom. The van der Waals surface area contributed by atoms with Gasteiger partial charge in [-0.2, -0.15) is 0 Å². The van der Waals surface area contributed by atoms with E-state index in [0.29, 0.717) is 11.7 Å². The number of aryl methyl sites for hydroxylation is 1. The molecule has 0 bridgehead atoms. The fourth-order valence-corrected chi connectivity index (χ4v) is 3.03. The number of fused-ring (bicyclic) bond motifs is 1. The van der Waals surface area contributed by atoms with Crippen molar-refractivity contribution in [1.82, 2.24) is 15.2 Å². The monoisotopic (exact) mass is 361 g/mol. The minimum Gasteiger partial charge on any atom is -0.366 e. The van der Waals surface area contributed by atoms with E-state index in [9.17, 15) is 4.79 Å². The Hall–Kier alpha value is -1.92. The van der Waals surface area contributed by atoms with Gasteiger partial charge in [0.25, 0.3) is 5.56 Å². The molecule has 0 aliphatic rings. The number of rotatable bonds is 7. The molecule has 1 heterocycles. The van der Waals surface area contributed by atoms with Crippen LogP contribution in [0.1, 0.15) is 24.5 Å². The van der Waals surface area contributed by atoms with Crippen LogP contribution >= 0.6 is 12.2 Å². The lowest BCUT2D eigenvalue weighted by Gasteiger charge is -2.25. The summed E-state index contributed by atoms with van der Waals surface area (Å²) in [5, 5.41) is 4.78. The van der Waals surface area contributed by atoms with Gasteiger partial charge >= 0.3 is 0 Å². The van der Waals surface area contributed by atoms with Crippen LogP contribution in [0.4, 0.5) is 0 Å². The summed E-state index contributed by atoms with van der Waals surface area (Å²) in [5.41, 5.74) is 2.85. The van der Waals surface area contributed by atoms with Gasteiger partial charge in [0, 0.05) is 31.1 Å². The molecule has 0 spiro atoms. The molecule has 0 aliphatic carbocycles. The minimum absolute atomic E-state index is 0.0427. The fourth-order valence-electron chi connectivity index (χ4n) is 2.88. The molecule has 0 amide bonds. The summed E-state index contributed by atoms with van der Waals surface area (Å²) < 4.78 is 0. The topological polar surface area (TPSA) is 52.6 Å². The molecule has 5 nitrogen and oxygen atoms in total. The van der Waals surface area contributed by atoms with E-state index in [0.717, 1.165) is 42.4 Å². The molecule has 1 aromatic heterocycles. The first-order valence-corrected chi connectivity index (χ1v) is 9.26. The number of quaternary nitrogens is 1. The van der Waals surface area contributed by atoms with Gasteiger partial charge in [0.2, 0.25) is 0 Å². The predicted molar refractivity (Wildman–Crippen MR) is 108 cm³/mol. The Balaban J connectivity index is 2.25. The SMILES string of the molecule is CCc1ccc2[nH]c(=O)c(CN(CCC[NH+](C)C)C(=S)NC)cc2c1. The molecule has 0 aliphatic heterocycles. The molecule has 0 fully saturated rings. The third kappa shape index (κ3) is 5.28. The highest BCUT2D eigenvalue weighted by Crippen LogP contribution is 2.15. The van der Waals surface area contributed by atoms with Gasteiger partial charge in [0.1, 0.15) is 0 Å². The summed E-state index contributed by atoms with van der Waals surface area (Å²) in [6.45, 7) is 4.55. The molecule has 136 valence electrons. The maximum atomic E-state index is 12.5. The second kappa shape index (κ2) is 8.97. The van der Waals surface area contributed by atoms with Crippen LogP contribution in [-0.2, 0) is 13.0 Å². The minimum atomic E-state index is -0.0427. The third-order valence-corrected chi connectivity index (χ3v) is 4.82. The second-order valence-electron chi connectivity index (χ2n) is 6.69. The van der Waals surface area contributed by atoms with E-state index in [-0.39, 0.29) is 5.56 Å². The molecule has 0 unspecified atom stereocenters. The van der Waals surface area contributed by atoms with Gasteiger partial charge in [-0.15, -0.1) is 0 Å². The quantitative estimate of drug-likeness (QED) is 0.643. The van der Waals surface area contributed by atoms with Gasteiger partial charge in [-0.3, -0.25) is 4.79 Å². The molecule has 6 heteroatoms. The molecule has 2 aromatic rings. The summed E-state index contributed by atoms with van der Waals surface area (Å²) in [6.07, 6.45) is 2.00. The average molecular weight is 362 g/mol. The summed E-state index contributed by atoms with van der Waals surface area (Å²) in [4.78, 5) is 18.9. The molecule has 2 rings (SSSR count). The van der Waals surface area contributed by atoms with E-state index in [4.69, 9.17) is 12.2 Å². The van der Waals surface area contributed by atoms with Crippen molar-refractivity contribution in [3.8, 4) is 0 Å². The van der Waals surface area contributed by atoms with Gasteiger partial charge in [-0.25, -0.2) is 0 Å². The molecule has 25 heavy (non-hydrogen) atoms. The number of pyridine rings is 1. The number of H-pyrrole nitrogens is 1. The highest BCUT2D eigenvalue weighted by Gasteiger charge is 2.13. The average Bonchev–Trinajstić information content (AvgIpc) is 2.59. The lowest BCUT2D eigenvalue weighted by Crippen LogP contribution is -3.05. The van der Waals surface area contributed by atoms with Crippen LogP contribution in [0.2, 0.25) is 0 Å². The zero-order chi connectivity index (χ0) is 18.4. The zero-order valence-electron chi connectivity index (χ0n) is 15.6. The van der Waals surface area contributed by atoms with Crippen LogP contribution in [-0.4, -0.2) is 49.2 Å². The normalized spacial score (nSPS) is 11.1. The Bertz CT molecular complexity index is 785. The van der Waals surface area contributed by atoms with Crippen molar-refractivity contribution in [2.45, 2.75) is 26.3 Å². The van der Waals surface area contributed by atoms with Crippen molar-refractivity contribution >= 4 is 28.2 Å². The van der Waals surface area contributed by atoms with E-state index >= 15 is 0 Å². The van der Waals surface area contributed by atoms with E-state index in [2.05, 4.69) is 48.4 Å². The van der Waals surface area contributed by atoms with Crippen molar-refractivity contribution in [3.05, 3.63) is 45.7 Å². The number of benzene rings is 1. The number of hydrogen-bond acceptors (Lipinski definition) is 2. The first-order valence-electron chi connectivity index (χ1n) is 8.85. The lowest BCUT2D eigenvalue weighted by molar-refractivity contribution is -0.858. The molecule has 3 N–H and O–H groups in total. The van der Waals surface area contributed by atoms with E-state index < -0.39 is 0 Å². The summed E-state index contributed by atoms with van der Waals surface area (Å²) >= 11 is 5.43. The largest absolute Gasteiger partial charge is 0.366 e. The van der Waals surface area contributed by atoms with Crippen molar-refractivity contribution < 1.29 is 4.90 Å². The van der Waals surface area contributed by atoms with Crippen molar-refractivity contribution in [2.24, 2.45) is 0 Å². The Morgan fingerprint density at radius 1 is 1.32 bits per heavy atom. The number of thiocarbonyl (C=S) groups is 1.